The molecular weight excluding hydrogens is 242 g/mol. The summed E-state index contributed by atoms with van der Waals surface area (Å²) in [5, 5.41) is -0.392. The Hall–Kier alpha value is -0.250. The summed E-state index contributed by atoms with van der Waals surface area (Å²) < 4.78 is 16.6. The Morgan fingerprint density at radius 3 is 2.93 bits per heavy atom. The highest BCUT2D eigenvalue weighted by Crippen LogP contribution is 2.49. The third-order valence-electron chi connectivity index (χ3n) is 3.04. The number of hydrogen-bond donors (Lipinski definition) is 0. The number of hydrogen-bond acceptors (Lipinski definition) is 3. The van der Waals surface area contributed by atoms with Crippen LogP contribution in [-0.4, -0.2) is 41.2 Å². The monoisotopic (exact) mass is 252 g/mol. The molecule has 0 aromatic carbocycles. The van der Waals surface area contributed by atoms with Gasteiger partial charge in [-0.05, 0) is 0 Å². The fourth-order valence-electron chi connectivity index (χ4n) is 2.14. The Morgan fingerprint density at radius 1 is 1.67 bits per heavy atom. The molecule has 0 bridgehead atoms. The lowest BCUT2D eigenvalue weighted by Crippen LogP contribution is -2.37. The van der Waals surface area contributed by atoms with Crippen LogP contribution in [0.1, 0.15) is 12.8 Å². The van der Waals surface area contributed by atoms with Crippen LogP contribution in [-0.2, 0) is 4.79 Å². The van der Waals surface area contributed by atoms with E-state index in [0.29, 0.717) is 26.1 Å². The van der Waals surface area contributed by atoms with E-state index in [0.717, 1.165) is 6.42 Å². The molecule has 2 heterocycles. The SMILES string of the molecule is O=C(C(F)Cl)N1CC[C@]2(CCN=[P+]2[O-])C1. The van der Waals surface area contributed by atoms with E-state index >= 15 is 0 Å². The highest BCUT2D eigenvalue weighted by molar-refractivity contribution is 7.41. The number of likely N-dealkylation sites (tertiary alicyclic amines) is 1. The van der Waals surface area contributed by atoms with E-state index in [4.69, 9.17) is 11.6 Å². The van der Waals surface area contributed by atoms with Crippen molar-refractivity contribution in [1.29, 1.82) is 0 Å². The summed E-state index contributed by atoms with van der Waals surface area (Å²) in [5.74, 6) is -0.719. The molecule has 2 rings (SSSR count). The van der Waals surface area contributed by atoms with Crippen LogP contribution >= 0.6 is 19.5 Å². The first-order valence-corrected chi connectivity index (χ1v) is 6.42. The molecule has 1 saturated heterocycles. The number of carbonyl (C=O) groups is 1. The molecule has 2 unspecified atom stereocenters. The van der Waals surface area contributed by atoms with Crippen LogP contribution in [0.25, 0.3) is 0 Å². The van der Waals surface area contributed by atoms with Crippen LogP contribution in [0.3, 0.4) is 0 Å². The van der Waals surface area contributed by atoms with Gasteiger partial charge in [0.2, 0.25) is 0 Å². The van der Waals surface area contributed by atoms with Gasteiger partial charge in [-0.15, -0.1) is 4.74 Å². The predicted octanol–water partition coefficient (Wildman–Crippen LogP) is 0.836. The van der Waals surface area contributed by atoms with Crippen molar-refractivity contribution in [2.45, 2.75) is 23.6 Å². The number of alkyl halides is 2. The summed E-state index contributed by atoms with van der Waals surface area (Å²) >= 11 is 5.09. The van der Waals surface area contributed by atoms with Crippen molar-refractivity contribution in [3.8, 4) is 0 Å². The second-order valence-electron chi connectivity index (χ2n) is 3.92. The van der Waals surface area contributed by atoms with Crippen molar-refractivity contribution in [2.24, 2.45) is 4.74 Å². The average Bonchev–Trinajstić information content (AvgIpc) is 2.76. The van der Waals surface area contributed by atoms with E-state index in [1.54, 1.807) is 0 Å². The highest BCUT2D eigenvalue weighted by atomic mass is 35.5. The molecule has 4 nitrogen and oxygen atoms in total. The van der Waals surface area contributed by atoms with E-state index < -0.39 is 24.6 Å². The van der Waals surface area contributed by atoms with Gasteiger partial charge in [0.05, 0.1) is 13.1 Å². The summed E-state index contributed by atoms with van der Waals surface area (Å²) in [6, 6.07) is 0. The number of nitrogens with zero attached hydrogens (tertiary/aromatic N) is 2. The summed E-state index contributed by atoms with van der Waals surface area (Å²) in [6.45, 7) is 1.34. The van der Waals surface area contributed by atoms with E-state index in [1.807, 2.05) is 0 Å². The van der Waals surface area contributed by atoms with Crippen LogP contribution < -0.4 is 4.89 Å². The molecule has 0 aliphatic carbocycles. The Balaban J connectivity index is 2.07. The molecule has 0 N–H and O–H groups in total. The van der Waals surface area contributed by atoms with Crippen molar-refractivity contribution in [1.82, 2.24) is 4.90 Å². The predicted molar refractivity (Wildman–Crippen MR) is 53.5 cm³/mol. The zero-order valence-electron chi connectivity index (χ0n) is 8.03. The van der Waals surface area contributed by atoms with Crippen LogP contribution in [0.5, 0.6) is 0 Å². The molecule has 1 amide bonds. The normalized spacial score (nSPS) is 34.6. The van der Waals surface area contributed by atoms with Gasteiger partial charge in [0, 0.05) is 19.4 Å². The maximum atomic E-state index is 12.6. The van der Waals surface area contributed by atoms with Gasteiger partial charge in [-0.2, -0.15) is 0 Å². The summed E-state index contributed by atoms with van der Waals surface area (Å²) in [4.78, 5) is 24.3. The van der Waals surface area contributed by atoms with Gasteiger partial charge in [-0.3, -0.25) is 4.79 Å². The third kappa shape index (κ3) is 1.88. The molecule has 2 aliphatic rings. The van der Waals surface area contributed by atoms with Crippen LogP contribution in [0.15, 0.2) is 4.74 Å². The standard InChI is InChI=1S/C8H11ClFN2O2P/c9-6(10)7(13)12-4-2-8(5-12)1-3-11-15(8)14/h6H,1-5H2/t6?,8-/m1/s1. The molecule has 3 atom stereocenters. The van der Waals surface area contributed by atoms with Crippen molar-refractivity contribution in [2.75, 3.05) is 19.6 Å². The Bertz CT molecular complexity index is 326. The van der Waals surface area contributed by atoms with Crippen molar-refractivity contribution in [3.63, 3.8) is 0 Å². The van der Waals surface area contributed by atoms with Crippen LogP contribution in [0, 0.1) is 0 Å². The Kier molecular flexibility index (Phi) is 2.97. The first-order chi connectivity index (χ1) is 7.05. The molecule has 0 radical (unpaired) electrons. The summed E-state index contributed by atoms with van der Waals surface area (Å²) in [6.07, 6.45) is 1.37. The lowest BCUT2D eigenvalue weighted by Gasteiger charge is -2.19. The minimum atomic E-state index is -1.99. The first-order valence-electron chi connectivity index (χ1n) is 4.77. The topological polar surface area (TPSA) is 55.7 Å². The van der Waals surface area contributed by atoms with E-state index in [2.05, 4.69) is 4.74 Å². The minimum absolute atomic E-state index is 0.331. The fourth-order valence-corrected chi connectivity index (χ4v) is 3.73. The Labute approximate surface area is 93.0 Å². The van der Waals surface area contributed by atoms with Crippen molar-refractivity contribution >= 4 is 25.4 Å². The maximum absolute atomic E-state index is 12.6. The minimum Gasteiger partial charge on any atom is -0.612 e. The molecule has 1 fully saturated rings. The molecule has 0 aromatic heterocycles. The summed E-state index contributed by atoms with van der Waals surface area (Å²) in [7, 11) is -1.61. The van der Waals surface area contributed by atoms with E-state index in [9.17, 15) is 14.1 Å². The lowest BCUT2D eigenvalue weighted by atomic mass is 10.0. The second kappa shape index (κ2) is 3.96. The molecule has 84 valence electrons. The summed E-state index contributed by atoms with van der Waals surface area (Å²) in [5.41, 5.74) is -1.99. The van der Waals surface area contributed by atoms with Gasteiger partial charge in [0.25, 0.3) is 11.5 Å². The third-order valence-corrected chi connectivity index (χ3v) is 5.09. The van der Waals surface area contributed by atoms with E-state index in [-0.39, 0.29) is 0 Å². The first kappa shape index (κ1) is 11.2. The fraction of sp³-hybridized carbons (Fsp3) is 0.875. The largest absolute Gasteiger partial charge is 0.612 e. The molecular formula is C8H11ClFN2O2P. The van der Waals surface area contributed by atoms with Crippen molar-refractivity contribution in [3.05, 3.63) is 0 Å². The molecule has 2 aliphatic heterocycles. The van der Waals surface area contributed by atoms with Crippen LogP contribution in [0.2, 0.25) is 0 Å². The average molecular weight is 253 g/mol. The second-order valence-corrected chi connectivity index (χ2v) is 6.08. The number of carbonyl (C=O) groups excluding carboxylic acids is 1. The van der Waals surface area contributed by atoms with Gasteiger partial charge < -0.3 is 9.79 Å². The number of amides is 1. The van der Waals surface area contributed by atoms with Gasteiger partial charge in [0.15, 0.2) is 13.1 Å². The molecule has 0 saturated carbocycles. The lowest BCUT2D eigenvalue weighted by molar-refractivity contribution is -0.159. The number of halogens is 2. The van der Waals surface area contributed by atoms with Gasteiger partial charge in [-0.1, -0.05) is 11.6 Å². The van der Waals surface area contributed by atoms with Gasteiger partial charge >= 0.3 is 0 Å². The van der Waals surface area contributed by atoms with Crippen molar-refractivity contribution < 1.29 is 14.1 Å². The molecule has 15 heavy (non-hydrogen) atoms. The number of rotatable bonds is 1. The maximum Gasteiger partial charge on any atom is 0.272 e. The smallest absolute Gasteiger partial charge is 0.272 e. The quantitative estimate of drug-likeness (QED) is 0.513. The zero-order valence-corrected chi connectivity index (χ0v) is 9.68. The molecule has 0 aromatic rings. The molecule has 7 heteroatoms. The van der Waals surface area contributed by atoms with Gasteiger partial charge in [0.1, 0.15) is 0 Å². The molecule has 1 spiro atoms. The van der Waals surface area contributed by atoms with E-state index in [1.165, 1.54) is 4.90 Å². The highest BCUT2D eigenvalue weighted by Gasteiger charge is 2.51. The van der Waals surface area contributed by atoms with Gasteiger partial charge in [-0.25, -0.2) is 4.39 Å². The van der Waals surface area contributed by atoms with Crippen LogP contribution in [0.4, 0.5) is 4.39 Å². The Morgan fingerprint density at radius 2 is 2.40 bits per heavy atom. The zero-order chi connectivity index (χ0) is 11.1.